The highest BCUT2D eigenvalue weighted by atomic mass is 16.4. The monoisotopic (exact) mass is 460 g/mol. The summed E-state index contributed by atoms with van der Waals surface area (Å²) in [4.78, 5) is 70.6. The van der Waals surface area contributed by atoms with Gasteiger partial charge in [-0.3, -0.25) is 24.0 Å². The van der Waals surface area contributed by atoms with Crippen LogP contribution in [0.3, 0.4) is 0 Å². The molecule has 0 heterocycles. The molecule has 32 heavy (non-hydrogen) atoms. The highest BCUT2D eigenvalue weighted by Crippen LogP contribution is 2.09. The fourth-order valence-corrected chi connectivity index (χ4v) is 2.59. The second-order valence-corrected chi connectivity index (χ2v) is 7.80. The molecule has 0 spiro atoms. The zero-order valence-corrected chi connectivity index (χ0v) is 18.5. The van der Waals surface area contributed by atoms with Crippen LogP contribution < -0.4 is 21.7 Å². The van der Waals surface area contributed by atoms with Crippen LogP contribution in [-0.2, 0) is 28.8 Å². The van der Waals surface area contributed by atoms with Crippen molar-refractivity contribution in [2.75, 3.05) is 0 Å². The van der Waals surface area contributed by atoms with E-state index in [1.807, 2.05) is 12.2 Å². The summed E-state index contributed by atoms with van der Waals surface area (Å²) in [5, 5.41) is 33.5. The van der Waals surface area contributed by atoms with E-state index in [4.69, 9.17) is 21.1 Å². The molecule has 182 valence electrons. The van der Waals surface area contributed by atoms with Crippen LogP contribution in [0.4, 0.5) is 0 Å². The van der Waals surface area contributed by atoms with Crippen molar-refractivity contribution in [3.63, 3.8) is 0 Å². The van der Waals surface area contributed by atoms with E-state index < -0.39 is 78.6 Å². The van der Waals surface area contributed by atoms with Crippen LogP contribution in [-0.4, -0.2) is 75.1 Å². The van der Waals surface area contributed by atoms with Crippen molar-refractivity contribution < 1.29 is 44.1 Å². The number of nitrogens with two attached hydrogens (primary N) is 1. The summed E-state index contributed by atoms with van der Waals surface area (Å²) in [7, 11) is 0. The van der Waals surface area contributed by atoms with Gasteiger partial charge in [0.15, 0.2) is 0 Å². The molecule has 0 aliphatic rings. The molecule has 0 saturated heterocycles. The van der Waals surface area contributed by atoms with Crippen molar-refractivity contribution in [1.82, 2.24) is 16.0 Å². The average molecular weight is 460 g/mol. The fourth-order valence-electron chi connectivity index (χ4n) is 2.59. The van der Waals surface area contributed by atoms with Crippen molar-refractivity contribution in [1.29, 1.82) is 0 Å². The van der Waals surface area contributed by atoms with Crippen molar-refractivity contribution in [3.05, 3.63) is 0 Å². The van der Waals surface area contributed by atoms with Crippen LogP contribution in [0, 0.1) is 11.8 Å². The first kappa shape index (κ1) is 28.8. The lowest BCUT2D eigenvalue weighted by Gasteiger charge is -2.27. The van der Waals surface area contributed by atoms with Gasteiger partial charge in [0, 0.05) is 0 Å². The van der Waals surface area contributed by atoms with Gasteiger partial charge in [-0.25, -0.2) is 4.79 Å². The van der Waals surface area contributed by atoms with Gasteiger partial charge in [-0.2, -0.15) is 0 Å². The van der Waals surface area contributed by atoms with Gasteiger partial charge < -0.3 is 37.0 Å². The van der Waals surface area contributed by atoms with E-state index in [-0.39, 0.29) is 5.92 Å². The Bertz CT molecular complexity index is 726. The zero-order chi connectivity index (χ0) is 25.2. The third-order valence-electron chi connectivity index (χ3n) is 4.81. The molecular weight excluding hydrogens is 428 g/mol. The van der Waals surface area contributed by atoms with E-state index in [1.54, 1.807) is 20.8 Å². The number of carboxylic acid groups (broad SMARTS) is 3. The molecule has 0 aliphatic carbocycles. The minimum Gasteiger partial charge on any atom is -0.481 e. The molecule has 0 aromatic carbocycles. The molecule has 0 bridgehead atoms. The van der Waals surface area contributed by atoms with Crippen LogP contribution in [0.1, 0.15) is 47.0 Å². The molecule has 0 radical (unpaired) electrons. The smallest absolute Gasteiger partial charge is 0.326 e. The Labute approximate surface area is 185 Å². The highest BCUT2D eigenvalue weighted by Gasteiger charge is 2.33. The number of amides is 3. The largest absolute Gasteiger partial charge is 0.481 e. The summed E-state index contributed by atoms with van der Waals surface area (Å²) in [5.74, 6) is -7.92. The van der Waals surface area contributed by atoms with Crippen LogP contribution in [0.5, 0.6) is 0 Å². The van der Waals surface area contributed by atoms with Gasteiger partial charge in [0.2, 0.25) is 17.7 Å². The summed E-state index contributed by atoms with van der Waals surface area (Å²) >= 11 is 0. The third-order valence-corrected chi connectivity index (χ3v) is 4.81. The third kappa shape index (κ3) is 9.73. The Hall–Kier alpha value is -3.22. The van der Waals surface area contributed by atoms with Crippen molar-refractivity contribution in [2.45, 2.75) is 71.1 Å². The van der Waals surface area contributed by atoms with Gasteiger partial charge in [0.05, 0.1) is 18.9 Å². The first-order chi connectivity index (χ1) is 14.7. The Morgan fingerprint density at radius 1 is 0.750 bits per heavy atom. The highest BCUT2D eigenvalue weighted by molar-refractivity contribution is 5.96. The second-order valence-electron chi connectivity index (χ2n) is 7.80. The van der Waals surface area contributed by atoms with Crippen LogP contribution >= 0.6 is 0 Å². The fraction of sp³-hybridized carbons (Fsp3) is 0.684. The van der Waals surface area contributed by atoms with E-state index in [0.29, 0.717) is 6.42 Å². The van der Waals surface area contributed by atoms with Crippen LogP contribution in [0.15, 0.2) is 0 Å². The normalized spacial score (nSPS) is 15.6. The molecular formula is C19H32N4O9. The molecule has 0 aromatic heterocycles. The van der Waals surface area contributed by atoms with Gasteiger partial charge in [0.25, 0.3) is 0 Å². The Kier molecular flexibility index (Phi) is 11.9. The number of carbonyl (C=O) groups is 6. The van der Waals surface area contributed by atoms with E-state index in [0.717, 1.165) is 0 Å². The SMILES string of the molecule is CCC(C)C(N)C(=O)NC(C(=O)NC(CC(=O)O)C(=O)NC(CC(=O)O)C(=O)O)C(C)C. The van der Waals surface area contributed by atoms with Gasteiger partial charge in [0.1, 0.15) is 18.1 Å². The molecule has 8 N–H and O–H groups in total. The molecule has 0 aliphatic heterocycles. The number of hydrogen-bond acceptors (Lipinski definition) is 7. The number of carboxylic acids is 3. The molecule has 0 aromatic rings. The number of rotatable bonds is 14. The maximum absolute atomic E-state index is 12.7. The zero-order valence-electron chi connectivity index (χ0n) is 18.5. The number of hydrogen-bond donors (Lipinski definition) is 7. The van der Waals surface area contributed by atoms with Gasteiger partial charge in [-0.15, -0.1) is 0 Å². The van der Waals surface area contributed by atoms with E-state index >= 15 is 0 Å². The lowest BCUT2D eigenvalue weighted by atomic mass is 9.97. The molecule has 5 unspecified atom stereocenters. The number of nitrogens with one attached hydrogen (secondary N) is 3. The Morgan fingerprint density at radius 2 is 1.22 bits per heavy atom. The molecule has 3 amide bonds. The van der Waals surface area contributed by atoms with E-state index in [9.17, 15) is 28.8 Å². The topological polar surface area (TPSA) is 225 Å². The number of aliphatic carboxylic acids is 3. The standard InChI is InChI=1S/C19H32N4O9/c1-5-9(4)14(20)17(29)23-15(8(2)3)18(30)21-10(6-12(24)25)16(28)22-11(19(31)32)7-13(26)27/h8-11,14-15H,5-7,20H2,1-4H3,(H,21,30)(H,22,28)(H,23,29)(H,24,25)(H,26,27)(H,31,32). The summed E-state index contributed by atoms with van der Waals surface area (Å²) < 4.78 is 0. The first-order valence-corrected chi connectivity index (χ1v) is 10.0. The number of carbonyl (C=O) groups excluding carboxylic acids is 3. The summed E-state index contributed by atoms with van der Waals surface area (Å²) in [6.07, 6.45) is -1.23. The van der Waals surface area contributed by atoms with Crippen LogP contribution in [0.2, 0.25) is 0 Å². The van der Waals surface area contributed by atoms with Crippen molar-refractivity contribution >= 4 is 35.6 Å². The lowest BCUT2D eigenvalue weighted by Crippen LogP contribution is -2.59. The summed E-state index contributed by atoms with van der Waals surface area (Å²) in [6.45, 7) is 6.82. The predicted molar refractivity (Wildman–Crippen MR) is 110 cm³/mol. The summed E-state index contributed by atoms with van der Waals surface area (Å²) in [6, 6.07) is -5.59. The molecule has 0 saturated carbocycles. The van der Waals surface area contributed by atoms with Gasteiger partial charge >= 0.3 is 17.9 Å². The van der Waals surface area contributed by atoms with Crippen molar-refractivity contribution in [2.24, 2.45) is 17.6 Å². The minimum atomic E-state index is -1.83. The van der Waals surface area contributed by atoms with E-state index in [1.165, 1.54) is 0 Å². The minimum absolute atomic E-state index is 0.168. The average Bonchev–Trinajstić information content (AvgIpc) is 2.68. The van der Waals surface area contributed by atoms with E-state index in [2.05, 4.69) is 10.6 Å². The molecule has 5 atom stereocenters. The molecule has 0 fully saturated rings. The Morgan fingerprint density at radius 3 is 1.62 bits per heavy atom. The maximum Gasteiger partial charge on any atom is 0.326 e. The van der Waals surface area contributed by atoms with Crippen molar-refractivity contribution in [3.8, 4) is 0 Å². The van der Waals surface area contributed by atoms with Crippen LogP contribution in [0.25, 0.3) is 0 Å². The molecule has 13 nitrogen and oxygen atoms in total. The summed E-state index contributed by atoms with van der Waals surface area (Å²) in [5.41, 5.74) is 5.87. The first-order valence-electron chi connectivity index (χ1n) is 10.0. The van der Waals surface area contributed by atoms with Gasteiger partial charge in [-0.1, -0.05) is 34.1 Å². The lowest BCUT2D eigenvalue weighted by molar-refractivity contribution is -0.148. The molecule has 0 rings (SSSR count). The maximum atomic E-state index is 12.7. The molecule has 13 heteroatoms. The second kappa shape index (κ2) is 13.2. The van der Waals surface area contributed by atoms with Gasteiger partial charge in [-0.05, 0) is 11.8 Å². The Balaban J connectivity index is 5.51. The predicted octanol–water partition coefficient (Wildman–Crippen LogP) is -1.50. The quantitative estimate of drug-likeness (QED) is 0.159.